The number of rotatable bonds is 9. The topological polar surface area (TPSA) is 110 Å². The van der Waals surface area contributed by atoms with Gasteiger partial charge in [-0.05, 0) is 71.6 Å². The van der Waals surface area contributed by atoms with Gasteiger partial charge in [-0.1, -0.05) is 12.1 Å². The Morgan fingerprint density at radius 1 is 0.933 bits per heavy atom. The number of pyridine rings is 1. The van der Waals surface area contributed by atoms with E-state index in [1.54, 1.807) is 12.1 Å². The fourth-order valence-corrected chi connectivity index (χ4v) is 6.03. The van der Waals surface area contributed by atoms with E-state index in [9.17, 15) is 35.6 Å². The average Bonchev–Trinajstić information content (AvgIpc) is 3.34. The Kier molecular flexibility index (Phi) is 8.73. The molecule has 5 aromatic rings. The minimum atomic E-state index is -3.80. The van der Waals surface area contributed by atoms with Crippen molar-refractivity contribution in [2.24, 2.45) is 0 Å². The highest BCUT2D eigenvalue weighted by Gasteiger charge is 2.24. The molecule has 0 aliphatic heterocycles. The summed E-state index contributed by atoms with van der Waals surface area (Å²) in [5.41, 5.74) is 1.40. The average molecular weight is 639 g/mol. The summed E-state index contributed by atoms with van der Waals surface area (Å²) in [5, 5.41) is 5.40. The van der Waals surface area contributed by atoms with Crippen molar-refractivity contribution >= 4 is 32.7 Å². The molecule has 232 valence electrons. The van der Waals surface area contributed by atoms with Gasteiger partial charge in [-0.25, -0.2) is 30.0 Å². The number of hydrogen-bond acceptors (Lipinski definition) is 5. The maximum atomic E-state index is 14.5. The largest absolute Gasteiger partial charge is 0.355 e. The van der Waals surface area contributed by atoms with E-state index in [0.717, 1.165) is 40.6 Å². The van der Waals surface area contributed by atoms with E-state index in [0.29, 0.717) is 17.2 Å². The van der Waals surface area contributed by atoms with Crippen LogP contribution in [0.25, 0.3) is 22.0 Å². The monoisotopic (exact) mass is 638 g/mol. The molecule has 0 aliphatic carbocycles. The molecule has 2 N–H and O–H groups in total. The van der Waals surface area contributed by atoms with Crippen LogP contribution in [-0.4, -0.2) is 42.5 Å². The zero-order valence-electron chi connectivity index (χ0n) is 23.9. The van der Waals surface area contributed by atoms with Gasteiger partial charge >= 0.3 is 0 Å². The second-order valence-corrected chi connectivity index (χ2v) is 12.2. The number of aromatic nitrogens is 2. The number of hydrogen-bond donors (Lipinski definition) is 2. The first-order valence-electron chi connectivity index (χ1n) is 13.6. The predicted octanol–water partition coefficient (Wildman–Crippen LogP) is 5.07. The smallest absolute Gasteiger partial charge is 0.254 e. The van der Waals surface area contributed by atoms with Gasteiger partial charge in [-0.15, -0.1) is 0 Å². The van der Waals surface area contributed by atoms with Crippen LogP contribution in [0.15, 0.2) is 79.1 Å². The Hall–Kier alpha value is -5.04. The van der Waals surface area contributed by atoms with Crippen LogP contribution < -0.4 is 10.6 Å². The van der Waals surface area contributed by atoms with E-state index in [1.807, 2.05) is 0 Å². The summed E-state index contributed by atoms with van der Waals surface area (Å²) in [7, 11) is -2.44. The summed E-state index contributed by atoms with van der Waals surface area (Å²) in [4.78, 5) is 30.3. The molecule has 3 aromatic carbocycles. The van der Waals surface area contributed by atoms with Gasteiger partial charge in [0.25, 0.3) is 5.91 Å². The molecule has 8 nitrogen and oxygen atoms in total. The summed E-state index contributed by atoms with van der Waals surface area (Å²) >= 11 is 0. The first-order valence-corrected chi connectivity index (χ1v) is 15.4. The molecular weight excluding hydrogens is 612 g/mol. The van der Waals surface area contributed by atoms with Crippen LogP contribution in [0.2, 0.25) is 0 Å². The highest BCUT2D eigenvalue weighted by molar-refractivity contribution is 7.89. The van der Waals surface area contributed by atoms with Crippen molar-refractivity contribution in [2.75, 3.05) is 13.3 Å². The van der Waals surface area contributed by atoms with E-state index in [4.69, 9.17) is 0 Å². The second kappa shape index (κ2) is 12.5. The third-order valence-corrected chi connectivity index (χ3v) is 8.16. The minimum absolute atomic E-state index is 0.131. The van der Waals surface area contributed by atoms with E-state index in [1.165, 1.54) is 37.6 Å². The lowest BCUT2D eigenvalue weighted by molar-refractivity contribution is -0.121. The van der Waals surface area contributed by atoms with Gasteiger partial charge in [0, 0.05) is 36.5 Å². The molecular formula is C32H26F4N4O4S. The number of amides is 2. The molecule has 0 aliphatic rings. The Morgan fingerprint density at radius 3 is 2.36 bits per heavy atom. The van der Waals surface area contributed by atoms with Gasteiger partial charge < -0.3 is 10.6 Å². The third-order valence-electron chi connectivity index (χ3n) is 7.14. The van der Waals surface area contributed by atoms with Crippen LogP contribution in [0.3, 0.4) is 0 Å². The fraction of sp³-hybridized carbons (Fsp3) is 0.156. The summed E-state index contributed by atoms with van der Waals surface area (Å²) in [5.74, 6) is -4.34. The standard InChI is InChI=1S/C32H26F4N4O4S/c1-37-32(42)26-13-19(5-7-27(26)36)24-4-3-9-38-31(24)28(12-18-10-22(34)15-23(35)11-18)39-30(41)14-20-17-40(45(2,43)44)29-8-6-21(33)16-25(20)29/h3-11,13,15-17,28H,12,14H2,1-2H3,(H,37,42)(H,39,41)/t28-/m0/s1. The number of carbonyl (C=O) groups is 2. The minimum Gasteiger partial charge on any atom is -0.355 e. The maximum absolute atomic E-state index is 14.5. The zero-order chi connectivity index (χ0) is 32.5. The lowest BCUT2D eigenvalue weighted by atomic mass is 9.94. The highest BCUT2D eigenvalue weighted by atomic mass is 32.2. The molecule has 0 unspecified atom stereocenters. The lowest BCUT2D eigenvalue weighted by Gasteiger charge is -2.22. The van der Waals surface area contributed by atoms with E-state index in [2.05, 4.69) is 15.6 Å². The van der Waals surface area contributed by atoms with Crippen LogP contribution in [0.5, 0.6) is 0 Å². The van der Waals surface area contributed by atoms with Gasteiger partial charge in [-0.3, -0.25) is 14.6 Å². The Labute approximate surface area is 255 Å². The summed E-state index contributed by atoms with van der Waals surface area (Å²) in [6.45, 7) is 0. The van der Waals surface area contributed by atoms with Crippen molar-refractivity contribution < 1.29 is 35.6 Å². The number of nitrogens with one attached hydrogen (secondary N) is 2. The van der Waals surface area contributed by atoms with E-state index in [-0.39, 0.29) is 46.1 Å². The van der Waals surface area contributed by atoms with Crippen LogP contribution in [0, 0.1) is 23.3 Å². The van der Waals surface area contributed by atoms with Crippen molar-refractivity contribution in [1.29, 1.82) is 0 Å². The first-order chi connectivity index (χ1) is 21.3. The third kappa shape index (κ3) is 6.88. The molecule has 0 saturated carbocycles. The van der Waals surface area contributed by atoms with Crippen LogP contribution in [0.1, 0.15) is 33.2 Å². The SMILES string of the molecule is CNC(=O)c1cc(-c2cccnc2[C@H](Cc2cc(F)cc(F)c2)NC(=O)Cc2cn(S(C)(=O)=O)c3ccc(F)cc23)ccc1F. The van der Waals surface area contributed by atoms with Gasteiger partial charge in [0.05, 0.1) is 35.5 Å². The van der Waals surface area contributed by atoms with Crippen LogP contribution in [0.4, 0.5) is 17.6 Å². The fourth-order valence-electron chi connectivity index (χ4n) is 5.19. The van der Waals surface area contributed by atoms with Gasteiger partial charge in [0.15, 0.2) is 0 Å². The molecule has 0 spiro atoms. The highest BCUT2D eigenvalue weighted by Crippen LogP contribution is 2.31. The number of nitrogens with zero attached hydrogens (tertiary/aromatic N) is 2. The number of benzene rings is 3. The molecule has 1 atom stereocenters. The maximum Gasteiger partial charge on any atom is 0.254 e. The van der Waals surface area contributed by atoms with Crippen molar-refractivity contribution in [3.8, 4) is 11.1 Å². The molecule has 13 heteroatoms. The quantitative estimate of drug-likeness (QED) is 0.219. The number of carbonyl (C=O) groups excluding carboxylic acids is 2. The Bertz CT molecular complexity index is 2040. The molecule has 0 saturated heterocycles. The first kappa shape index (κ1) is 31.4. The van der Waals surface area contributed by atoms with Crippen molar-refractivity contribution in [3.05, 3.63) is 125 Å². The zero-order valence-corrected chi connectivity index (χ0v) is 24.8. The van der Waals surface area contributed by atoms with Crippen molar-refractivity contribution in [3.63, 3.8) is 0 Å². The lowest BCUT2D eigenvalue weighted by Crippen LogP contribution is -2.32. The van der Waals surface area contributed by atoms with E-state index < -0.39 is 51.1 Å². The Morgan fingerprint density at radius 2 is 1.67 bits per heavy atom. The number of fused-ring (bicyclic) bond motifs is 1. The van der Waals surface area contributed by atoms with Gasteiger partial charge in [-0.2, -0.15) is 0 Å². The Balaban J connectivity index is 1.56. The van der Waals surface area contributed by atoms with Crippen molar-refractivity contribution in [1.82, 2.24) is 19.6 Å². The summed E-state index contributed by atoms with van der Waals surface area (Å²) in [6.07, 6.45) is 3.14. The number of halogens is 4. The predicted molar refractivity (Wildman–Crippen MR) is 160 cm³/mol. The van der Waals surface area contributed by atoms with E-state index >= 15 is 0 Å². The molecule has 0 radical (unpaired) electrons. The second-order valence-electron chi connectivity index (χ2n) is 10.4. The van der Waals surface area contributed by atoms with Crippen LogP contribution >= 0.6 is 0 Å². The van der Waals surface area contributed by atoms with Crippen LogP contribution in [-0.2, 0) is 27.7 Å². The molecule has 2 heterocycles. The molecule has 5 rings (SSSR count). The molecule has 2 amide bonds. The summed E-state index contributed by atoms with van der Waals surface area (Å²) < 4.78 is 82.6. The van der Waals surface area contributed by atoms with Gasteiger partial charge in [0.1, 0.15) is 23.3 Å². The molecule has 2 aromatic heterocycles. The van der Waals surface area contributed by atoms with Crippen molar-refractivity contribution in [2.45, 2.75) is 18.9 Å². The molecule has 0 fully saturated rings. The van der Waals surface area contributed by atoms with Gasteiger partial charge in [0.2, 0.25) is 15.9 Å². The molecule has 45 heavy (non-hydrogen) atoms. The molecule has 0 bridgehead atoms. The normalized spacial score (nSPS) is 12.2. The summed E-state index contributed by atoms with van der Waals surface area (Å²) in [6, 6.07) is 12.5.